The van der Waals surface area contributed by atoms with Crippen LogP contribution < -0.4 is 0 Å². The zero-order valence-electron chi connectivity index (χ0n) is 11.2. The molecule has 2 N–H and O–H groups in total. The molecule has 2 rings (SSSR count). The molecule has 2 atom stereocenters. The molecule has 0 bridgehead atoms. The van der Waals surface area contributed by atoms with E-state index in [4.69, 9.17) is 5.11 Å². The first-order chi connectivity index (χ1) is 9.45. The van der Waals surface area contributed by atoms with Gasteiger partial charge in [-0.05, 0) is 25.5 Å². The number of hydrogen-bond donors (Lipinski definition) is 2. The molecule has 112 valence electrons. The van der Waals surface area contributed by atoms with Crippen molar-refractivity contribution in [2.24, 2.45) is 5.92 Å². The number of rotatable bonds is 3. The lowest BCUT2D eigenvalue weighted by Crippen LogP contribution is -2.48. The molecule has 0 unspecified atom stereocenters. The average molecular weight is 288 g/mol. The quantitative estimate of drug-likeness (QED) is 0.872. The van der Waals surface area contributed by atoms with Gasteiger partial charge in [-0.3, -0.25) is 9.36 Å². The second-order valence-electron chi connectivity index (χ2n) is 5.06. The Hall–Kier alpha value is -1.47. The first-order valence-corrected chi connectivity index (χ1v) is 6.50. The van der Waals surface area contributed by atoms with Crippen molar-refractivity contribution in [2.75, 3.05) is 19.7 Å². The van der Waals surface area contributed by atoms with E-state index in [9.17, 15) is 18.7 Å². The monoisotopic (exact) mass is 288 g/mol. The highest BCUT2D eigenvalue weighted by molar-refractivity contribution is 5.93. The second kappa shape index (κ2) is 5.88. The molecule has 2 heterocycles. The Labute approximate surface area is 115 Å². The molecular formula is C13H18F2N2O3. The molecule has 0 aliphatic carbocycles. The molecule has 1 aliphatic rings. The van der Waals surface area contributed by atoms with Crippen molar-refractivity contribution in [2.45, 2.75) is 26.0 Å². The number of alkyl halides is 2. The van der Waals surface area contributed by atoms with Gasteiger partial charge in [-0.2, -0.15) is 8.78 Å². The number of likely N-dealkylation sites (tertiary alicyclic amines) is 1. The smallest absolute Gasteiger partial charge is 0.319 e. The fourth-order valence-electron chi connectivity index (χ4n) is 2.52. The summed E-state index contributed by atoms with van der Waals surface area (Å²) in [4.78, 5) is 13.6. The molecular weight excluding hydrogens is 270 g/mol. The lowest BCUT2D eigenvalue weighted by Gasteiger charge is -2.35. The molecule has 1 saturated heterocycles. The maximum atomic E-state index is 13.0. The molecule has 0 radical (unpaired) electrons. The summed E-state index contributed by atoms with van der Waals surface area (Å²) >= 11 is 0. The van der Waals surface area contributed by atoms with E-state index in [1.165, 1.54) is 24.0 Å². The highest BCUT2D eigenvalue weighted by Gasteiger charge is 2.32. The number of β-amino-alcohol motifs (C(OH)–C–C–N with tert-alkyl or cyclic N) is 1. The minimum absolute atomic E-state index is 0.0531. The fraction of sp³-hybridized carbons (Fsp3) is 0.615. The number of carbonyl (C=O) groups is 1. The standard InChI is InChI=1S/C13H18F2N2O3/c1-8-2-3-10(17(8)13(14)15)12(20)16-5-4-9(7-18)11(19)6-16/h2-3,9,11,13,18-19H,4-7H2,1H3/t9-,11+/m1/s1. The summed E-state index contributed by atoms with van der Waals surface area (Å²) in [5, 5.41) is 18.9. The van der Waals surface area contributed by atoms with Crippen molar-refractivity contribution in [3.63, 3.8) is 0 Å². The van der Waals surface area contributed by atoms with Crippen LogP contribution in [0.3, 0.4) is 0 Å². The van der Waals surface area contributed by atoms with E-state index in [-0.39, 0.29) is 24.8 Å². The van der Waals surface area contributed by atoms with Crippen LogP contribution in [0.4, 0.5) is 8.78 Å². The minimum Gasteiger partial charge on any atom is -0.396 e. The van der Waals surface area contributed by atoms with Gasteiger partial charge in [0.1, 0.15) is 5.69 Å². The third kappa shape index (κ3) is 2.69. The first kappa shape index (κ1) is 14.9. The predicted molar refractivity (Wildman–Crippen MR) is 67.5 cm³/mol. The largest absolute Gasteiger partial charge is 0.396 e. The number of aromatic nitrogens is 1. The van der Waals surface area contributed by atoms with Gasteiger partial charge in [-0.15, -0.1) is 0 Å². The van der Waals surface area contributed by atoms with E-state index in [2.05, 4.69) is 0 Å². The lowest BCUT2D eigenvalue weighted by atomic mass is 9.94. The Bertz CT molecular complexity index is 490. The topological polar surface area (TPSA) is 65.7 Å². The van der Waals surface area contributed by atoms with Crippen LogP contribution >= 0.6 is 0 Å². The highest BCUT2D eigenvalue weighted by Crippen LogP contribution is 2.23. The Balaban J connectivity index is 2.17. The van der Waals surface area contributed by atoms with Crippen LogP contribution in [-0.4, -0.2) is 51.4 Å². The Morgan fingerprint density at radius 1 is 1.50 bits per heavy atom. The molecule has 5 nitrogen and oxygen atoms in total. The molecule has 0 aromatic carbocycles. The van der Waals surface area contributed by atoms with Crippen LogP contribution in [0, 0.1) is 12.8 Å². The molecule has 1 aromatic heterocycles. The van der Waals surface area contributed by atoms with Crippen molar-refractivity contribution in [1.82, 2.24) is 9.47 Å². The summed E-state index contributed by atoms with van der Waals surface area (Å²) < 4.78 is 26.6. The lowest BCUT2D eigenvalue weighted by molar-refractivity contribution is -0.000730. The van der Waals surface area contributed by atoms with Crippen molar-refractivity contribution in [3.05, 3.63) is 23.5 Å². The summed E-state index contributed by atoms with van der Waals surface area (Å²) in [6.45, 7) is -1.01. The number of aliphatic hydroxyl groups is 2. The van der Waals surface area contributed by atoms with Gasteiger partial charge in [-0.25, -0.2) is 0 Å². The van der Waals surface area contributed by atoms with Gasteiger partial charge in [-0.1, -0.05) is 0 Å². The summed E-state index contributed by atoms with van der Waals surface area (Å²) in [5.74, 6) is -0.781. The van der Waals surface area contributed by atoms with E-state index in [0.717, 1.165) is 0 Å². The van der Waals surface area contributed by atoms with Gasteiger partial charge in [0.2, 0.25) is 0 Å². The minimum atomic E-state index is -2.77. The average Bonchev–Trinajstić information content (AvgIpc) is 2.79. The van der Waals surface area contributed by atoms with Crippen molar-refractivity contribution in [3.8, 4) is 0 Å². The van der Waals surface area contributed by atoms with Crippen LogP contribution in [0.2, 0.25) is 0 Å². The molecule has 1 fully saturated rings. The number of hydrogen-bond acceptors (Lipinski definition) is 3. The van der Waals surface area contributed by atoms with Crippen LogP contribution in [0.25, 0.3) is 0 Å². The first-order valence-electron chi connectivity index (χ1n) is 6.50. The summed E-state index contributed by atoms with van der Waals surface area (Å²) in [6, 6.07) is 2.84. The molecule has 0 saturated carbocycles. The molecule has 1 aliphatic heterocycles. The van der Waals surface area contributed by atoms with Gasteiger partial charge in [0.25, 0.3) is 5.91 Å². The van der Waals surface area contributed by atoms with Crippen LogP contribution in [0.1, 0.15) is 29.2 Å². The van der Waals surface area contributed by atoms with Gasteiger partial charge in [0.05, 0.1) is 6.10 Å². The number of aliphatic hydroxyl groups excluding tert-OH is 2. The third-order valence-electron chi connectivity index (χ3n) is 3.78. The zero-order chi connectivity index (χ0) is 14.9. The highest BCUT2D eigenvalue weighted by atomic mass is 19.3. The number of aryl methyl sites for hydroxylation is 1. The molecule has 1 aromatic rings. The maximum absolute atomic E-state index is 13.0. The number of piperidine rings is 1. The van der Waals surface area contributed by atoms with Crippen molar-refractivity contribution < 1.29 is 23.8 Å². The van der Waals surface area contributed by atoms with E-state index in [1.807, 2.05) is 0 Å². The Morgan fingerprint density at radius 3 is 2.75 bits per heavy atom. The fourth-order valence-corrected chi connectivity index (χ4v) is 2.52. The second-order valence-corrected chi connectivity index (χ2v) is 5.06. The Morgan fingerprint density at radius 2 is 2.20 bits per heavy atom. The van der Waals surface area contributed by atoms with Crippen LogP contribution in [-0.2, 0) is 0 Å². The van der Waals surface area contributed by atoms with E-state index < -0.39 is 18.6 Å². The normalized spacial score (nSPS) is 23.4. The van der Waals surface area contributed by atoms with E-state index in [1.54, 1.807) is 0 Å². The van der Waals surface area contributed by atoms with Gasteiger partial charge in [0.15, 0.2) is 0 Å². The molecule has 20 heavy (non-hydrogen) atoms. The van der Waals surface area contributed by atoms with E-state index >= 15 is 0 Å². The summed E-state index contributed by atoms with van der Waals surface area (Å²) in [7, 11) is 0. The third-order valence-corrected chi connectivity index (χ3v) is 3.78. The number of amides is 1. The molecule has 1 amide bonds. The van der Waals surface area contributed by atoms with E-state index in [0.29, 0.717) is 23.2 Å². The van der Waals surface area contributed by atoms with Crippen molar-refractivity contribution >= 4 is 5.91 Å². The van der Waals surface area contributed by atoms with Crippen LogP contribution in [0.5, 0.6) is 0 Å². The van der Waals surface area contributed by atoms with Gasteiger partial charge < -0.3 is 15.1 Å². The van der Waals surface area contributed by atoms with Gasteiger partial charge in [0, 0.05) is 31.3 Å². The predicted octanol–water partition coefficient (Wildman–Crippen LogP) is 1.01. The SMILES string of the molecule is Cc1ccc(C(=O)N2CC[C@H](CO)[C@@H](O)C2)n1C(F)F. The summed E-state index contributed by atoms with van der Waals surface area (Å²) in [5.41, 5.74) is 0.237. The summed E-state index contributed by atoms with van der Waals surface area (Å²) in [6.07, 6.45) is -0.369. The molecule has 0 spiro atoms. The maximum Gasteiger partial charge on any atom is 0.319 e. The Kier molecular flexibility index (Phi) is 4.39. The number of halogens is 2. The number of nitrogens with zero attached hydrogens (tertiary/aromatic N) is 2. The number of carbonyl (C=O) groups excluding carboxylic acids is 1. The van der Waals surface area contributed by atoms with Crippen LogP contribution in [0.15, 0.2) is 12.1 Å². The zero-order valence-corrected chi connectivity index (χ0v) is 11.2. The molecule has 7 heteroatoms. The van der Waals surface area contributed by atoms with Gasteiger partial charge >= 0.3 is 6.55 Å². The van der Waals surface area contributed by atoms with Crippen molar-refractivity contribution in [1.29, 1.82) is 0 Å².